The number of hydrogen-bond donors (Lipinski definition) is 0. The number of benzene rings is 1. The Morgan fingerprint density at radius 3 is 3.08 bits per heavy atom. The Balaban J connectivity index is 2.78. The molecular formula is C9H8ClNO. The predicted molar refractivity (Wildman–Crippen MR) is 48.3 cm³/mol. The number of aryl methyl sites for hydroxylation is 1. The van der Waals surface area contributed by atoms with E-state index < -0.39 is 0 Å². The minimum absolute atomic E-state index is 0.476. The minimum atomic E-state index is 0.476. The zero-order chi connectivity index (χ0) is 8.55. The van der Waals surface area contributed by atoms with E-state index in [1.165, 1.54) is 0 Å². The van der Waals surface area contributed by atoms with Crippen molar-refractivity contribution in [1.29, 1.82) is 0 Å². The lowest BCUT2D eigenvalue weighted by molar-refractivity contribution is 0.561. The maximum Gasteiger partial charge on any atom is 0.192 e. The van der Waals surface area contributed by atoms with Gasteiger partial charge in [0.1, 0.15) is 5.52 Å². The van der Waals surface area contributed by atoms with Crippen molar-refractivity contribution in [3.63, 3.8) is 0 Å². The summed E-state index contributed by atoms with van der Waals surface area (Å²) in [5.74, 6) is 1.16. The van der Waals surface area contributed by atoms with E-state index in [1.54, 1.807) is 0 Å². The first-order chi connectivity index (χ1) is 5.81. The van der Waals surface area contributed by atoms with Gasteiger partial charge in [-0.3, -0.25) is 0 Å². The lowest BCUT2D eigenvalue weighted by Crippen LogP contribution is -1.79. The molecule has 0 aliphatic heterocycles. The van der Waals surface area contributed by atoms with Crippen LogP contribution in [0.2, 0.25) is 0 Å². The molecular weight excluding hydrogens is 174 g/mol. The smallest absolute Gasteiger partial charge is 0.192 e. The van der Waals surface area contributed by atoms with E-state index in [-0.39, 0.29) is 0 Å². The van der Waals surface area contributed by atoms with Crippen LogP contribution in [0.25, 0.3) is 11.1 Å². The first-order valence-corrected chi connectivity index (χ1v) is 4.25. The van der Waals surface area contributed by atoms with E-state index in [4.69, 9.17) is 16.0 Å². The number of para-hydroxylation sites is 1. The van der Waals surface area contributed by atoms with Crippen molar-refractivity contribution in [2.45, 2.75) is 12.8 Å². The van der Waals surface area contributed by atoms with Gasteiger partial charge < -0.3 is 4.42 Å². The number of aromatic nitrogens is 1. The second-order valence-electron chi connectivity index (χ2n) is 2.63. The highest BCUT2D eigenvalue weighted by atomic mass is 35.5. The van der Waals surface area contributed by atoms with Gasteiger partial charge in [0.25, 0.3) is 0 Å². The van der Waals surface area contributed by atoms with Crippen molar-refractivity contribution >= 4 is 22.7 Å². The molecule has 0 unspecified atom stereocenters. The zero-order valence-electron chi connectivity index (χ0n) is 6.67. The largest absolute Gasteiger partial charge is 0.441 e. The molecule has 0 spiro atoms. The molecule has 0 bridgehead atoms. The standard InChI is InChI=1S/C9H8ClNO/c1-6-11-9-7(5-10)3-2-4-8(9)12-6/h2-4H,5H2,1H3. The maximum atomic E-state index is 5.73. The monoisotopic (exact) mass is 181 g/mol. The molecule has 0 atom stereocenters. The average Bonchev–Trinajstić information content (AvgIpc) is 2.44. The van der Waals surface area contributed by atoms with Crippen LogP contribution in [0.5, 0.6) is 0 Å². The quantitative estimate of drug-likeness (QED) is 0.633. The van der Waals surface area contributed by atoms with Crippen molar-refractivity contribution in [3.8, 4) is 0 Å². The van der Waals surface area contributed by atoms with Gasteiger partial charge in [-0.2, -0.15) is 0 Å². The predicted octanol–water partition coefficient (Wildman–Crippen LogP) is 2.88. The number of halogens is 1. The minimum Gasteiger partial charge on any atom is -0.441 e. The fourth-order valence-electron chi connectivity index (χ4n) is 1.22. The fraction of sp³-hybridized carbons (Fsp3) is 0.222. The Labute approximate surface area is 75.2 Å². The Bertz CT molecular complexity index is 408. The average molecular weight is 182 g/mol. The molecule has 0 aliphatic rings. The van der Waals surface area contributed by atoms with E-state index in [1.807, 2.05) is 25.1 Å². The van der Waals surface area contributed by atoms with Gasteiger partial charge in [-0.05, 0) is 11.6 Å². The van der Waals surface area contributed by atoms with Crippen LogP contribution in [-0.2, 0) is 5.88 Å². The lowest BCUT2D eigenvalue weighted by Gasteiger charge is -1.92. The second kappa shape index (κ2) is 2.79. The summed E-state index contributed by atoms with van der Waals surface area (Å²) < 4.78 is 5.34. The summed E-state index contributed by atoms with van der Waals surface area (Å²) in [6.07, 6.45) is 0. The summed E-state index contributed by atoms with van der Waals surface area (Å²) in [5, 5.41) is 0. The summed E-state index contributed by atoms with van der Waals surface area (Å²) in [6.45, 7) is 1.83. The van der Waals surface area contributed by atoms with Gasteiger partial charge in [0.15, 0.2) is 11.5 Å². The molecule has 0 saturated carbocycles. The molecule has 3 heteroatoms. The summed E-state index contributed by atoms with van der Waals surface area (Å²) in [7, 11) is 0. The molecule has 0 saturated heterocycles. The van der Waals surface area contributed by atoms with E-state index in [0.29, 0.717) is 11.8 Å². The van der Waals surface area contributed by atoms with Crippen LogP contribution < -0.4 is 0 Å². The fourth-order valence-corrected chi connectivity index (χ4v) is 1.44. The Kier molecular flexibility index (Phi) is 1.77. The molecule has 12 heavy (non-hydrogen) atoms. The first-order valence-electron chi connectivity index (χ1n) is 3.72. The zero-order valence-corrected chi connectivity index (χ0v) is 7.43. The summed E-state index contributed by atoms with van der Waals surface area (Å²) in [6, 6.07) is 5.77. The number of rotatable bonds is 1. The molecule has 0 radical (unpaired) electrons. The van der Waals surface area contributed by atoms with E-state index >= 15 is 0 Å². The number of alkyl halides is 1. The molecule has 1 aromatic carbocycles. The van der Waals surface area contributed by atoms with Gasteiger partial charge in [0.05, 0.1) is 0 Å². The van der Waals surface area contributed by atoms with Gasteiger partial charge in [-0.15, -0.1) is 11.6 Å². The molecule has 1 heterocycles. The van der Waals surface area contributed by atoms with Crippen LogP contribution >= 0.6 is 11.6 Å². The highest BCUT2D eigenvalue weighted by molar-refractivity contribution is 6.17. The number of oxazole rings is 1. The third-order valence-electron chi connectivity index (χ3n) is 1.75. The highest BCUT2D eigenvalue weighted by Gasteiger charge is 2.05. The normalized spacial score (nSPS) is 10.8. The molecule has 2 rings (SSSR count). The molecule has 2 aromatic rings. The van der Waals surface area contributed by atoms with Crippen LogP contribution in [-0.4, -0.2) is 4.98 Å². The molecule has 0 fully saturated rings. The van der Waals surface area contributed by atoms with Crippen molar-refractivity contribution < 1.29 is 4.42 Å². The van der Waals surface area contributed by atoms with Gasteiger partial charge in [-0.25, -0.2) is 4.98 Å². The van der Waals surface area contributed by atoms with Gasteiger partial charge in [0.2, 0.25) is 0 Å². The third-order valence-corrected chi connectivity index (χ3v) is 2.04. The van der Waals surface area contributed by atoms with E-state index in [2.05, 4.69) is 4.98 Å². The van der Waals surface area contributed by atoms with Crippen LogP contribution in [0, 0.1) is 6.92 Å². The lowest BCUT2D eigenvalue weighted by atomic mass is 10.2. The SMILES string of the molecule is Cc1nc2c(CCl)cccc2o1. The van der Waals surface area contributed by atoms with Crippen LogP contribution in [0.1, 0.15) is 11.5 Å². The second-order valence-corrected chi connectivity index (χ2v) is 2.90. The molecule has 0 amide bonds. The molecule has 0 aliphatic carbocycles. The number of nitrogens with zero attached hydrogens (tertiary/aromatic N) is 1. The van der Waals surface area contributed by atoms with Crippen LogP contribution in [0.15, 0.2) is 22.6 Å². The third kappa shape index (κ3) is 1.08. The summed E-state index contributed by atoms with van der Waals surface area (Å²) in [5.41, 5.74) is 2.71. The summed E-state index contributed by atoms with van der Waals surface area (Å²) >= 11 is 5.73. The van der Waals surface area contributed by atoms with E-state index in [9.17, 15) is 0 Å². The molecule has 62 valence electrons. The van der Waals surface area contributed by atoms with E-state index in [0.717, 1.165) is 16.7 Å². The van der Waals surface area contributed by atoms with Crippen molar-refractivity contribution in [2.24, 2.45) is 0 Å². The van der Waals surface area contributed by atoms with Gasteiger partial charge in [0, 0.05) is 12.8 Å². The van der Waals surface area contributed by atoms with Crippen molar-refractivity contribution in [2.75, 3.05) is 0 Å². The molecule has 0 N–H and O–H groups in total. The maximum absolute atomic E-state index is 5.73. The van der Waals surface area contributed by atoms with Crippen molar-refractivity contribution in [1.82, 2.24) is 4.98 Å². The van der Waals surface area contributed by atoms with Crippen LogP contribution in [0.3, 0.4) is 0 Å². The Hall–Kier alpha value is -1.02. The first kappa shape index (κ1) is 7.62. The molecule has 1 aromatic heterocycles. The number of fused-ring (bicyclic) bond motifs is 1. The topological polar surface area (TPSA) is 26.0 Å². The Morgan fingerprint density at radius 1 is 1.50 bits per heavy atom. The van der Waals surface area contributed by atoms with Crippen LogP contribution in [0.4, 0.5) is 0 Å². The highest BCUT2D eigenvalue weighted by Crippen LogP contribution is 2.20. The van der Waals surface area contributed by atoms with Gasteiger partial charge >= 0.3 is 0 Å². The number of hydrogen-bond acceptors (Lipinski definition) is 2. The molecule has 2 nitrogen and oxygen atoms in total. The summed E-state index contributed by atoms with van der Waals surface area (Å²) in [4.78, 5) is 4.23. The Morgan fingerprint density at radius 2 is 2.33 bits per heavy atom. The van der Waals surface area contributed by atoms with Gasteiger partial charge in [-0.1, -0.05) is 12.1 Å². The van der Waals surface area contributed by atoms with Crippen molar-refractivity contribution in [3.05, 3.63) is 29.7 Å².